The zero-order valence-electron chi connectivity index (χ0n) is 8.57. The molecule has 2 heterocycles. The van der Waals surface area contributed by atoms with Crippen LogP contribution in [0.1, 0.15) is 5.69 Å². The van der Waals surface area contributed by atoms with Gasteiger partial charge in [0, 0.05) is 11.8 Å². The molecule has 0 spiro atoms. The molecule has 3 N–H and O–H groups in total. The van der Waals surface area contributed by atoms with Crippen LogP contribution in [0.25, 0.3) is 0 Å². The van der Waals surface area contributed by atoms with Gasteiger partial charge < -0.3 is 10.8 Å². The molecular formula is C9H9N3O4S. The van der Waals surface area contributed by atoms with Crippen molar-refractivity contribution in [3.8, 4) is 0 Å². The number of rotatable bonds is 3. The van der Waals surface area contributed by atoms with Crippen LogP contribution >= 0.6 is 11.3 Å². The summed E-state index contributed by atoms with van der Waals surface area (Å²) < 4.78 is 0. The first kappa shape index (κ1) is 11.5. The molecule has 0 radical (unpaired) electrons. The average molecular weight is 255 g/mol. The highest BCUT2D eigenvalue weighted by atomic mass is 32.1. The number of carbonyl (C=O) groups excluding carboxylic acids is 2. The lowest BCUT2D eigenvalue weighted by molar-refractivity contribution is -0.165. The Morgan fingerprint density at radius 1 is 1.59 bits per heavy atom. The number of thiazole rings is 1. The largest absolute Gasteiger partial charge is 0.480 e. The molecule has 0 saturated carbocycles. The number of aromatic nitrogens is 1. The number of amides is 3. The fourth-order valence-corrected chi connectivity index (χ4v) is 2.41. The normalized spacial score (nSPS) is 23.3. The van der Waals surface area contributed by atoms with Gasteiger partial charge in [0.15, 0.2) is 6.04 Å². The fraction of sp³-hybridized carbons (Fsp3) is 0.333. The summed E-state index contributed by atoms with van der Waals surface area (Å²) in [4.78, 5) is 38.0. The molecule has 0 bridgehead atoms. The Bertz CT molecular complexity index is 473. The van der Waals surface area contributed by atoms with E-state index in [1.165, 1.54) is 11.3 Å². The summed E-state index contributed by atoms with van der Waals surface area (Å²) in [6.45, 7) is 0. The molecule has 2 atom stereocenters. The maximum Gasteiger partial charge on any atom is 0.327 e. The third-order valence-corrected chi connectivity index (χ3v) is 3.25. The third-order valence-electron chi connectivity index (χ3n) is 2.62. The highest BCUT2D eigenvalue weighted by Crippen LogP contribution is 2.29. The molecule has 8 heteroatoms. The molecule has 0 aliphatic carbocycles. The number of imide groups is 1. The van der Waals surface area contributed by atoms with E-state index in [2.05, 4.69) is 4.98 Å². The molecule has 1 aliphatic rings. The predicted molar refractivity (Wildman–Crippen MR) is 57.2 cm³/mol. The second-order valence-corrected chi connectivity index (χ2v) is 4.34. The third kappa shape index (κ3) is 1.86. The molecule has 2 rings (SSSR count). The number of β-lactam (4-membered cyclic amide) rings is 1. The van der Waals surface area contributed by atoms with Crippen LogP contribution in [0.15, 0.2) is 10.9 Å². The molecular weight excluding hydrogens is 246 g/mol. The van der Waals surface area contributed by atoms with E-state index in [0.29, 0.717) is 10.6 Å². The Morgan fingerprint density at radius 3 is 2.76 bits per heavy atom. The second kappa shape index (κ2) is 4.13. The van der Waals surface area contributed by atoms with E-state index in [1.54, 1.807) is 10.9 Å². The number of primary amides is 1. The van der Waals surface area contributed by atoms with Gasteiger partial charge in [0.25, 0.3) is 0 Å². The number of carboxylic acid groups (broad SMARTS) is 1. The van der Waals surface area contributed by atoms with Crippen molar-refractivity contribution in [2.24, 2.45) is 11.7 Å². The van der Waals surface area contributed by atoms with Crippen molar-refractivity contribution in [1.82, 2.24) is 9.88 Å². The van der Waals surface area contributed by atoms with Gasteiger partial charge in [0.1, 0.15) is 0 Å². The van der Waals surface area contributed by atoms with Crippen LogP contribution in [0.4, 0.5) is 4.79 Å². The first-order valence-corrected chi connectivity index (χ1v) is 5.69. The number of nitrogens with zero attached hydrogens (tertiary/aromatic N) is 2. The van der Waals surface area contributed by atoms with Crippen LogP contribution in [0.2, 0.25) is 0 Å². The first-order chi connectivity index (χ1) is 8.02. The highest BCUT2D eigenvalue weighted by Gasteiger charge is 2.54. The lowest BCUT2D eigenvalue weighted by atomic mass is 9.84. The zero-order chi connectivity index (χ0) is 12.6. The van der Waals surface area contributed by atoms with E-state index >= 15 is 0 Å². The number of carboxylic acids is 1. The number of urea groups is 1. The van der Waals surface area contributed by atoms with Gasteiger partial charge in [-0.1, -0.05) is 0 Å². The van der Waals surface area contributed by atoms with Gasteiger partial charge in [-0.25, -0.2) is 19.5 Å². The molecule has 1 fully saturated rings. The van der Waals surface area contributed by atoms with Crippen molar-refractivity contribution >= 4 is 29.2 Å². The number of hydrogen-bond donors (Lipinski definition) is 2. The van der Waals surface area contributed by atoms with Gasteiger partial charge >= 0.3 is 12.0 Å². The summed E-state index contributed by atoms with van der Waals surface area (Å²) in [5.41, 5.74) is 7.18. The Kier molecular flexibility index (Phi) is 2.80. The Hall–Kier alpha value is -1.96. The van der Waals surface area contributed by atoms with Crippen molar-refractivity contribution in [2.75, 3.05) is 0 Å². The van der Waals surface area contributed by atoms with Gasteiger partial charge in [-0.2, -0.15) is 0 Å². The molecule has 3 amide bonds. The van der Waals surface area contributed by atoms with Crippen molar-refractivity contribution in [3.05, 3.63) is 16.6 Å². The molecule has 0 unspecified atom stereocenters. The Balaban J connectivity index is 2.15. The van der Waals surface area contributed by atoms with Crippen LogP contribution in [-0.2, 0) is 16.0 Å². The summed E-state index contributed by atoms with van der Waals surface area (Å²) in [5, 5.41) is 10.7. The van der Waals surface area contributed by atoms with Gasteiger partial charge in [0.2, 0.25) is 5.91 Å². The SMILES string of the molecule is NC(=O)N1C(=O)[C@H](Cc2cscn2)[C@H]1C(=O)O. The Labute approximate surface area is 99.9 Å². The highest BCUT2D eigenvalue weighted by molar-refractivity contribution is 7.07. The number of aliphatic carboxylic acids is 1. The van der Waals surface area contributed by atoms with Gasteiger partial charge in [-0.15, -0.1) is 11.3 Å². The zero-order valence-corrected chi connectivity index (χ0v) is 9.38. The van der Waals surface area contributed by atoms with E-state index in [0.717, 1.165) is 0 Å². The molecule has 0 aromatic carbocycles. The maximum atomic E-state index is 11.6. The molecule has 90 valence electrons. The number of likely N-dealkylation sites (tertiary alicyclic amines) is 1. The fourth-order valence-electron chi connectivity index (χ4n) is 1.84. The summed E-state index contributed by atoms with van der Waals surface area (Å²) in [6.07, 6.45) is 0.211. The summed E-state index contributed by atoms with van der Waals surface area (Å²) >= 11 is 1.36. The van der Waals surface area contributed by atoms with Crippen LogP contribution < -0.4 is 5.73 Å². The van der Waals surface area contributed by atoms with Crippen molar-refractivity contribution in [1.29, 1.82) is 0 Å². The standard InChI is InChI=1S/C9H9N3O4S/c10-9(16)12-6(8(14)15)5(7(12)13)1-4-2-17-3-11-4/h2-3,5-6H,1H2,(H2,10,16)(H,14,15)/t5-,6+/m1/s1. The van der Waals surface area contributed by atoms with Crippen LogP contribution in [0, 0.1) is 5.92 Å². The monoisotopic (exact) mass is 255 g/mol. The topological polar surface area (TPSA) is 114 Å². The maximum absolute atomic E-state index is 11.6. The molecule has 1 aliphatic heterocycles. The molecule has 17 heavy (non-hydrogen) atoms. The van der Waals surface area contributed by atoms with E-state index in [1.807, 2.05) is 0 Å². The summed E-state index contributed by atoms with van der Waals surface area (Å²) in [5.74, 6) is -2.55. The van der Waals surface area contributed by atoms with E-state index in [9.17, 15) is 14.4 Å². The van der Waals surface area contributed by atoms with Crippen LogP contribution in [0.3, 0.4) is 0 Å². The number of hydrogen-bond acceptors (Lipinski definition) is 5. The first-order valence-electron chi connectivity index (χ1n) is 4.74. The minimum Gasteiger partial charge on any atom is -0.480 e. The molecule has 1 saturated heterocycles. The minimum atomic E-state index is -1.23. The van der Waals surface area contributed by atoms with E-state index < -0.39 is 29.9 Å². The molecule has 7 nitrogen and oxygen atoms in total. The van der Waals surface area contributed by atoms with Crippen LogP contribution in [0.5, 0.6) is 0 Å². The summed E-state index contributed by atoms with van der Waals surface area (Å²) in [7, 11) is 0. The van der Waals surface area contributed by atoms with Gasteiger partial charge in [0.05, 0.1) is 17.1 Å². The lowest BCUT2D eigenvalue weighted by Gasteiger charge is -2.41. The second-order valence-electron chi connectivity index (χ2n) is 3.62. The number of carbonyl (C=O) groups is 3. The predicted octanol–water partition coefficient (Wildman–Crippen LogP) is -0.324. The van der Waals surface area contributed by atoms with Crippen LogP contribution in [-0.4, -0.2) is 38.9 Å². The van der Waals surface area contributed by atoms with Gasteiger partial charge in [-0.3, -0.25) is 4.79 Å². The van der Waals surface area contributed by atoms with Gasteiger partial charge in [-0.05, 0) is 0 Å². The number of nitrogens with two attached hydrogens (primary N) is 1. The molecule has 1 aromatic heterocycles. The Morgan fingerprint density at radius 2 is 2.29 bits per heavy atom. The summed E-state index contributed by atoms with van der Waals surface area (Å²) in [6, 6.07) is -2.21. The smallest absolute Gasteiger partial charge is 0.327 e. The van der Waals surface area contributed by atoms with Crippen molar-refractivity contribution < 1.29 is 19.5 Å². The molecule has 1 aromatic rings. The minimum absolute atomic E-state index is 0.211. The average Bonchev–Trinajstić information content (AvgIpc) is 2.73. The van der Waals surface area contributed by atoms with E-state index in [4.69, 9.17) is 10.8 Å². The van der Waals surface area contributed by atoms with E-state index in [-0.39, 0.29) is 6.42 Å². The lowest BCUT2D eigenvalue weighted by Crippen LogP contribution is -2.68. The quantitative estimate of drug-likeness (QED) is 0.718. The van der Waals surface area contributed by atoms with Crippen molar-refractivity contribution in [3.63, 3.8) is 0 Å². The van der Waals surface area contributed by atoms with Crippen molar-refractivity contribution in [2.45, 2.75) is 12.5 Å².